The van der Waals surface area contributed by atoms with Gasteiger partial charge >= 0.3 is 0 Å². The zero-order valence-electron chi connectivity index (χ0n) is 13.2. The van der Waals surface area contributed by atoms with Gasteiger partial charge in [0.25, 0.3) is 0 Å². The molecule has 0 aliphatic rings. The van der Waals surface area contributed by atoms with Crippen molar-refractivity contribution >= 4 is 11.6 Å². The Morgan fingerprint density at radius 2 is 2.05 bits per heavy atom. The van der Waals surface area contributed by atoms with Crippen LogP contribution in [0.5, 0.6) is 0 Å². The molecular weight excluding hydrogens is 279 g/mol. The highest BCUT2D eigenvalue weighted by Gasteiger charge is 2.05. The molecule has 22 heavy (non-hydrogen) atoms. The number of benzene rings is 1. The fraction of sp³-hybridized carbons (Fsp3) is 0.412. The van der Waals surface area contributed by atoms with Crippen LogP contribution in [0.1, 0.15) is 25.3 Å². The minimum absolute atomic E-state index is 0.160. The number of hydrogen-bond acceptors (Lipinski definition) is 4. The van der Waals surface area contributed by atoms with E-state index in [1.165, 1.54) is 6.07 Å². The molecule has 0 saturated heterocycles. The highest BCUT2D eigenvalue weighted by molar-refractivity contribution is 5.47. The Morgan fingerprint density at radius 3 is 2.82 bits per heavy atom. The minimum atomic E-state index is -0.160. The number of unbranched alkanes of at least 4 members (excludes halogenated alkanes) is 1. The van der Waals surface area contributed by atoms with Crippen molar-refractivity contribution in [1.82, 2.24) is 9.97 Å². The first kappa shape index (κ1) is 16.2. The average Bonchev–Trinajstić information content (AvgIpc) is 2.54. The number of nitrogens with zero attached hydrogens (tertiary/aromatic N) is 3. The SMILES string of the molecule is CCCCN(C)c1cc(NCCc2ccccc2F)ncn1. The van der Waals surface area contributed by atoms with Gasteiger partial charge in [0.05, 0.1) is 0 Å². The maximum atomic E-state index is 13.5. The van der Waals surface area contributed by atoms with Gasteiger partial charge in [-0.15, -0.1) is 0 Å². The molecule has 1 aromatic heterocycles. The Bertz CT molecular complexity index is 588. The van der Waals surface area contributed by atoms with Gasteiger partial charge in [0.1, 0.15) is 23.8 Å². The number of nitrogens with one attached hydrogen (secondary N) is 1. The fourth-order valence-electron chi connectivity index (χ4n) is 2.19. The average molecular weight is 302 g/mol. The predicted molar refractivity (Wildman–Crippen MR) is 88.8 cm³/mol. The lowest BCUT2D eigenvalue weighted by atomic mass is 10.1. The molecule has 0 unspecified atom stereocenters. The Morgan fingerprint density at radius 1 is 1.23 bits per heavy atom. The largest absolute Gasteiger partial charge is 0.370 e. The van der Waals surface area contributed by atoms with E-state index in [0.717, 1.165) is 31.0 Å². The molecule has 0 bridgehead atoms. The molecule has 1 N–H and O–H groups in total. The van der Waals surface area contributed by atoms with Gasteiger partial charge in [-0.05, 0) is 24.5 Å². The third kappa shape index (κ3) is 4.69. The van der Waals surface area contributed by atoms with Crippen molar-refractivity contribution < 1.29 is 4.39 Å². The van der Waals surface area contributed by atoms with Crippen LogP contribution >= 0.6 is 0 Å². The molecule has 0 aliphatic heterocycles. The summed E-state index contributed by atoms with van der Waals surface area (Å²) in [6.07, 6.45) is 4.47. The van der Waals surface area contributed by atoms with Crippen molar-refractivity contribution in [2.75, 3.05) is 30.4 Å². The first-order valence-corrected chi connectivity index (χ1v) is 7.71. The zero-order chi connectivity index (χ0) is 15.8. The number of halogens is 1. The third-order valence-electron chi connectivity index (χ3n) is 3.55. The minimum Gasteiger partial charge on any atom is -0.370 e. The zero-order valence-corrected chi connectivity index (χ0v) is 13.2. The molecule has 0 aliphatic carbocycles. The molecule has 1 heterocycles. The quantitative estimate of drug-likeness (QED) is 0.810. The van der Waals surface area contributed by atoms with Crippen molar-refractivity contribution in [3.05, 3.63) is 48.0 Å². The summed E-state index contributed by atoms with van der Waals surface area (Å²) in [5, 5.41) is 3.23. The molecule has 0 radical (unpaired) electrons. The number of rotatable bonds is 8. The van der Waals surface area contributed by atoms with Crippen LogP contribution < -0.4 is 10.2 Å². The molecule has 0 saturated carbocycles. The molecule has 118 valence electrons. The van der Waals surface area contributed by atoms with E-state index in [0.29, 0.717) is 18.5 Å². The predicted octanol–water partition coefficient (Wildman–Crippen LogP) is 3.51. The van der Waals surface area contributed by atoms with Crippen LogP contribution in [-0.4, -0.2) is 30.1 Å². The maximum absolute atomic E-state index is 13.5. The lowest BCUT2D eigenvalue weighted by Gasteiger charge is -2.18. The van der Waals surface area contributed by atoms with Crippen molar-refractivity contribution in [2.45, 2.75) is 26.2 Å². The monoisotopic (exact) mass is 302 g/mol. The molecule has 5 heteroatoms. The second-order valence-electron chi connectivity index (χ2n) is 5.30. The van der Waals surface area contributed by atoms with E-state index in [-0.39, 0.29) is 5.82 Å². The van der Waals surface area contributed by atoms with Crippen LogP contribution in [0.25, 0.3) is 0 Å². The molecule has 0 spiro atoms. The molecule has 0 amide bonds. The summed E-state index contributed by atoms with van der Waals surface area (Å²) in [6, 6.07) is 8.78. The number of aromatic nitrogens is 2. The van der Waals surface area contributed by atoms with E-state index in [1.807, 2.05) is 19.2 Å². The maximum Gasteiger partial charge on any atom is 0.133 e. The van der Waals surface area contributed by atoms with Gasteiger partial charge in [-0.25, -0.2) is 14.4 Å². The summed E-state index contributed by atoms with van der Waals surface area (Å²) in [5.74, 6) is 1.51. The van der Waals surface area contributed by atoms with Crippen molar-refractivity contribution in [1.29, 1.82) is 0 Å². The number of anilines is 2. The van der Waals surface area contributed by atoms with Crippen LogP contribution in [-0.2, 0) is 6.42 Å². The molecule has 0 fully saturated rings. The van der Waals surface area contributed by atoms with Crippen molar-refractivity contribution in [3.8, 4) is 0 Å². The highest BCUT2D eigenvalue weighted by Crippen LogP contribution is 2.14. The van der Waals surface area contributed by atoms with Crippen LogP contribution in [0.15, 0.2) is 36.7 Å². The second kappa shape index (κ2) is 8.32. The smallest absolute Gasteiger partial charge is 0.133 e. The first-order valence-electron chi connectivity index (χ1n) is 7.71. The second-order valence-corrected chi connectivity index (χ2v) is 5.30. The Labute approximate surface area is 131 Å². The van der Waals surface area contributed by atoms with E-state index in [1.54, 1.807) is 18.5 Å². The van der Waals surface area contributed by atoms with Crippen LogP contribution in [0.3, 0.4) is 0 Å². The summed E-state index contributed by atoms with van der Waals surface area (Å²) < 4.78 is 13.5. The third-order valence-corrected chi connectivity index (χ3v) is 3.55. The summed E-state index contributed by atoms with van der Waals surface area (Å²) in [6.45, 7) is 3.78. The Kier molecular flexibility index (Phi) is 6.13. The van der Waals surface area contributed by atoms with Crippen molar-refractivity contribution in [3.63, 3.8) is 0 Å². The van der Waals surface area contributed by atoms with Gasteiger partial charge in [-0.3, -0.25) is 0 Å². The van der Waals surface area contributed by atoms with Crippen LogP contribution in [0, 0.1) is 5.82 Å². The molecular formula is C17H23FN4. The van der Waals surface area contributed by atoms with Crippen LogP contribution in [0.4, 0.5) is 16.0 Å². The Balaban J connectivity index is 1.89. The van der Waals surface area contributed by atoms with Gasteiger partial charge in [-0.2, -0.15) is 0 Å². The van der Waals surface area contributed by atoms with E-state index in [2.05, 4.69) is 27.1 Å². The topological polar surface area (TPSA) is 41.0 Å². The fourth-order valence-corrected chi connectivity index (χ4v) is 2.19. The van der Waals surface area contributed by atoms with E-state index < -0.39 is 0 Å². The molecule has 2 aromatic rings. The van der Waals surface area contributed by atoms with Gasteiger partial charge < -0.3 is 10.2 Å². The van der Waals surface area contributed by atoms with Gasteiger partial charge in [0, 0.05) is 26.2 Å². The van der Waals surface area contributed by atoms with E-state index in [9.17, 15) is 4.39 Å². The summed E-state index contributed by atoms with van der Waals surface area (Å²) in [7, 11) is 2.03. The normalized spacial score (nSPS) is 10.5. The van der Waals surface area contributed by atoms with E-state index >= 15 is 0 Å². The molecule has 0 atom stereocenters. The highest BCUT2D eigenvalue weighted by atomic mass is 19.1. The summed E-state index contributed by atoms with van der Waals surface area (Å²) in [4.78, 5) is 10.6. The molecule has 1 aromatic carbocycles. The van der Waals surface area contributed by atoms with Gasteiger partial charge in [0.2, 0.25) is 0 Å². The standard InChI is InChI=1S/C17H23FN4/c1-3-4-11-22(2)17-12-16(20-13-21-17)19-10-9-14-7-5-6-8-15(14)18/h5-8,12-13H,3-4,9-11H2,1-2H3,(H,19,20,21). The van der Waals surface area contributed by atoms with Gasteiger partial charge in [0.15, 0.2) is 0 Å². The number of hydrogen-bond donors (Lipinski definition) is 1. The van der Waals surface area contributed by atoms with Crippen molar-refractivity contribution in [2.24, 2.45) is 0 Å². The lowest BCUT2D eigenvalue weighted by molar-refractivity contribution is 0.610. The lowest BCUT2D eigenvalue weighted by Crippen LogP contribution is -2.20. The van der Waals surface area contributed by atoms with Crippen LogP contribution in [0.2, 0.25) is 0 Å². The molecule has 4 nitrogen and oxygen atoms in total. The van der Waals surface area contributed by atoms with Gasteiger partial charge in [-0.1, -0.05) is 31.5 Å². The van der Waals surface area contributed by atoms with E-state index in [4.69, 9.17) is 0 Å². The molecule has 2 rings (SSSR count). The summed E-state index contributed by atoms with van der Waals surface area (Å²) in [5.41, 5.74) is 0.712. The first-order chi connectivity index (χ1) is 10.7. The summed E-state index contributed by atoms with van der Waals surface area (Å²) >= 11 is 0. The Hall–Kier alpha value is -2.17.